The summed E-state index contributed by atoms with van der Waals surface area (Å²) >= 11 is 7.97. The summed E-state index contributed by atoms with van der Waals surface area (Å²) in [6, 6.07) is 10.1. The van der Waals surface area contributed by atoms with Crippen LogP contribution in [-0.2, 0) is 13.2 Å². The number of aliphatic hydroxyl groups is 1. The van der Waals surface area contributed by atoms with Gasteiger partial charge in [-0.25, -0.2) is 0 Å². The smallest absolute Gasteiger partial charge is 0.129 e. The van der Waals surface area contributed by atoms with Crippen LogP contribution in [0.25, 0.3) is 0 Å². The number of nitrogens with one attached hydrogen (secondary N) is 1. The molecule has 3 rings (SSSR count). The average molecular weight is 310 g/mol. The zero-order valence-corrected chi connectivity index (χ0v) is 12.5. The summed E-state index contributed by atoms with van der Waals surface area (Å²) in [6.07, 6.45) is 1.07. The molecule has 0 saturated heterocycles. The molecule has 2 heterocycles. The zero-order chi connectivity index (χ0) is 13.9. The first-order chi connectivity index (χ1) is 9.76. The van der Waals surface area contributed by atoms with Gasteiger partial charge in [-0.2, -0.15) is 0 Å². The Morgan fingerprint density at radius 2 is 2.15 bits per heavy atom. The largest absolute Gasteiger partial charge is 0.462 e. The monoisotopic (exact) mass is 309 g/mol. The van der Waals surface area contributed by atoms with Gasteiger partial charge in [0.05, 0.1) is 6.54 Å². The quantitative estimate of drug-likeness (QED) is 0.903. The molecule has 0 fully saturated rings. The van der Waals surface area contributed by atoms with Crippen LogP contribution in [0.1, 0.15) is 29.5 Å². The first-order valence-electron chi connectivity index (χ1n) is 6.60. The third-order valence-corrected chi connectivity index (χ3v) is 4.76. The van der Waals surface area contributed by atoms with Crippen molar-refractivity contribution >= 4 is 23.4 Å². The molecule has 0 saturated carbocycles. The lowest BCUT2D eigenvalue weighted by atomic mass is 10.0. The van der Waals surface area contributed by atoms with Crippen molar-refractivity contribution in [1.82, 2.24) is 5.32 Å². The summed E-state index contributed by atoms with van der Waals surface area (Å²) in [5.74, 6) is 2.55. The second-order valence-corrected chi connectivity index (χ2v) is 6.35. The molecule has 20 heavy (non-hydrogen) atoms. The van der Waals surface area contributed by atoms with Crippen LogP contribution in [0.4, 0.5) is 0 Å². The molecule has 3 nitrogen and oxygen atoms in total. The molecule has 0 radical (unpaired) electrons. The molecule has 5 heteroatoms. The lowest BCUT2D eigenvalue weighted by Gasteiger charge is -2.26. The Balaban J connectivity index is 1.71. The Morgan fingerprint density at radius 1 is 1.30 bits per heavy atom. The Hall–Kier alpha value is -0.940. The number of aliphatic hydroxyl groups excluding tert-OH is 1. The predicted molar refractivity (Wildman–Crippen MR) is 81.0 cm³/mol. The third-order valence-electron chi connectivity index (χ3n) is 3.41. The first-order valence-corrected chi connectivity index (χ1v) is 7.96. The number of halogens is 1. The molecule has 0 spiro atoms. The standard InChI is InChI=1S/C15H16ClNO2S/c16-10-1-4-15-13(7-10)14(5-6-20-15)17-8-11-2-3-12(9-18)19-11/h1-4,7,14,17-18H,5-6,8-9H2. The molecule has 0 bridgehead atoms. The molecular formula is C15H16ClNO2S. The molecule has 1 aliphatic rings. The van der Waals surface area contributed by atoms with E-state index in [2.05, 4.69) is 11.4 Å². The van der Waals surface area contributed by atoms with Crippen molar-refractivity contribution < 1.29 is 9.52 Å². The van der Waals surface area contributed by atoms with E-state index in [-0.39, 0.29) is 6.61 Å². The molecule has 2 aromatic rings. The van der Waals surface area contributed by atoms with E-state index in [0.29, 0.717) is 18.3 Å². The van der Waals surface area contributed by atoms with Crippen LogP contribution in [-0.4, -0.2) is 10.9 Å². The van der Waals surface area contributed by atoms with Crippen LogP contribution in [0.15, 0.2) is 39.6 Å². The number of benzene rings is 1. The molecule has 1 aromatic carbocycles. The van der Waals surface area contributed by atoms with Gasteiger partial charge in [-0.3, -0.25) is 0 Å². The second-order valence-electron chi connectivity index (χ2n) is 4.78. The Bertz CT molecular complexity index is 599. The van der Waals surface area contributed by atoms with Gasteiger partial charge in [-0.1, -0.05) is 11.6 Å². The number of thioether (sulfide) groups is 1. The van der Waals surface area contributed by atoms with Gasteiger partial charge >= 0.3 is 0 Å². The maximum Gasteiger partial charge on any atom is 0.129 e. The summed E-state index contributed by atoms with van der Waals surface area (Å²) in [4.78, 5) is 1.30. The fourth-order valence-electron chi connectivity index (χ4n) is 2.40. The van der Waals surface area contributed by atoms with E-state index in [4.69, 9.17) is 21.1 Å². The highest BCUT2D eigenvalue weighted by Crippen LogP contribution is 2.37. The van der Waals surface area contributed by atoms with Crippen molar-refractivity contribution in [1.29, 1.82) is 0 Å². The third kappa shape index (κ3) is 3.04. The minimum atomic E-state index is -0.0570. The summed E-state index contributed by atoms with van der Waals surface area (Å²) in [5.41, 5.74) is 1.27. The molecule has 1 atom stereocenters. The minimum Gasteiger partial charge on any atom is -0.462 e. The maximum absolute atomic E-state index is 9.00. The van der Waals surface area contributed by atoms with Crippen LogP contribution in [0.5, 0.6) is 0 Å². The fraction of sp³-hybridized carbons (Fsp3) is 0.333. The highest BCUT2D eigenvalue weighted by Gasteiger charge is 2.20. The summed E-state index contributed by atoms with van der Waals surface area (Å²) < 4.78 is 5.49. The molecule has 1 aliphatic heterocycles. The lowest BCUT2D eigenvalue weighted by Crippen LogP contribution is -2.24. The Labute approximate surface area is 127 Å². The van der Waals surface area contributed by atoms with Crippen molar-refractivity contribution in [3.05, 3.63) is 52.4 Å². The molecule has 1 aromatic heterocycles. The lowest BCUT2D eigenvalue weighted by molar-refractivity contribution is 0.242. The highest BCUT2D eigenvalue weighted by molar-refractivity contribution is 7.99. The van der Waals surface area contributed by atoms with Crippen LogP contribution in [0.2, 0.25) is 5.02 Å². The van der Waals surface area contributed by atoms with E-state index in [1.807, 2.05) is 30.0 Å². The highest BCUT2D eigenvalue weighted by atomic mass is 35.5. The van der Waals surface area contributed by atoms with Crippen LogP contribution >= 0.6 is 23.4 Å². The van der Waals surface area contributed by atoms with Crippen molar-refractivity contribution in [3.8, 4) is 0 Å². The SMILES string of the molecule is OCc1ccc(CNC2CCSc3ccc(Cl)cc32)o1. The second kappa shape index (κ2) is 6.22. The van der Waals surface area contributed by atoms with Gasteiger partial charge in [0.1, 0.15) is 18.1 Å². The average Bonchev–Trinajstić information content (AvgIpc) is 2.93. The van der Waals surface area contributed by atoms with E-state index in [0.717, 1.165) is 23.0 Å². The van der Waals surface area contributed by atoms with Crippen molar-refractivity contribution in [2.24, 2.45) is 0 Å². The summed E-state index contributed by atoms with van der Waals surface area (Å²) in [6.45, 7) is 0.597. The predicted octanol–water partition coefficient (Wildman–Crippen LogP) is 3.75. The molecule has 0 aliphatic carbocycles. The van der Waals surface area contributed by atoms with Gasteiger partial charge < -0.3 is 14.8 Å². The van der Waals surface area contributed by atoms with Gasteiger partial charge in [0.25, 0.3) is 0 Å². The van der Waals surface area contributed by atoms with Gasteiger partial charge in [0.2, 0.25) is 0 Å². The Kier molecular flexibility index (Phi) is 4.36. The Morgan fingerprint density at radius 3 is 2.95 bits per heavy atom. The minimum absolute atomic E-state index is 0.0570. The zero-order valence-electron chi connectivity index (χ0n) is 10.9. The number of hydrogen-bond acceptors (Lipinski definition) is 4. The summed E-state index contributed by atoms with van der Waals surface area (Å²) in [7, 11) is 0. The maximum atomic E-state index is 9.00. The van der Waals surface area contributed by atoms with Crippen LogP contribution in [0, 0.1) is 0 Å². The number of hydrogen-bond donors (Lipinski definition) is 2. The fourth-order valence-corrected chi connectivity index (χ4v) is 3.69. The molecule has 106 valence electrons. The number of furan rings is 1. The van der Waals surface area contributed by atoms with Crippen molar-refractivity contribution in [2.45, 2.75) is 30.5 Å². The van der Waals surface area contributed by atoms with Gasteiger partial charge in [0, 0.05) is 16.0 Å². The van der Waals surface area contributed by atoms with Crippen LogP contribution < -0.4 is 5.32 Å². The van der Waals surface area contributed by atoms with E-state index < -0.39 is 0 Å². The first kappa shape index (κ1) is 14.0. The van der Waals surface area contributed by atoms with Crippen LogP contribution in [0.3, 0.4) is 0 Å². The van der Waals surface area contributed by atoms with Crippen molar-refractivity contribution in [2.75, 3.05) is 5.75 Å². The van der Waals surface area contributed by atoms with Gasteiger partial charge in [0.15, 0.2) is 0 Å². The van der Waals surface area contributed by atoms with Gasteiger partial charge in [-0.15, -0.1) is 11.8 Å². The van der Waals surface area contributed by atoms with Gasteiger partial charge in [-0.05, 0) is 48.1 Å². The number of rotatable bonds is 4. The van der Waals surface area contributed by atoms with E-state index in [1.165, 1.54) is 10.5 Å². The number of fused-ring (bicyclic) bond motifs is 1. The molecule has 0 amide bonds. The van der Waals surface area contributed by atoms with E-state index in [9.17, 15) is 0 Å². The topological polar surface area (TPSA) is 45.4 Å². The summed E-state index contributed by atoms with van der Waals surface area (Å²) in [5, 5.41) is 13.3. The van der Waals surface area contributed by atoms with E-state index >= 15 is 0 Å². The normalized spacial score (nSPS) is 18.0. The molecule has 2 N–H and O–H groups in total. The van der Waals surface area contributed by atoms with E-state index in [1.54, 1.807) is 6.07 Å². The molecular weight excluding hydrogens is 294 g/mol. The van der Waals surface area contributed by atoms with Crippen molar-refractivity contribution in [3.63, 3.8) is 0 Å². The molecule has 1 unspecified atom stereocenters.